The van der Waals surface area contributed by atoms with Crippen molar-refractivity contribution in [3.63, 3.8) is 0 Å². The molecule has 0 unspecified atom stereocenters. The number of hydrogen-bond acceptors (Lipinski definition) is 1. The smallest absolute Gasteiger partial charge is 0.0824 e. The zero-order valence-electron chi connectivity index (χ0n) is 9.09. The predicted molar refractivity (Wildman–Crippen MR) is 75.0 cm³/mol. The maximum atomic E-state index is 6.25. The first-order chi connectivity index (χ1) is 7.59. The minimum atomic E-state index is 0.675. The second-order valence-corrected chi connectivity index (χ2v) is 5.37. The summed E-state index contributed by atoms with van der Waals surface area (Å²) in [5, 5.41) is 1.36. The Kier molecular flexibility index (Phi) is 3.73. The molecule has 2 rings (SSSR count). The molecule has 16 heavy (non-hydrogen) atoms. The highest BCUT2D eigenvalue weighted by Gasteiger charge is 2.20. The third kappa shape index (κ3) is 2.34. The fraction of sp³-hybridized carbons (Fsp3) is 0.417. The molecule has 1 nitrogen and oxygen atoms in total. The zero-order valence-corrected chi connectivity index (χ0v) is 11.4. The van der Waals surface area contributed by atoms with Crippen molar-refractivity contribution in [2.24, 2.45) is 0 Å². The normalized spacial score (nSPS) is 16.7. The third-order valence-electron chi connectivity index (χ3n) is 2.81. The van der Waals surface area contributed by atoms with E-state index in [1.165, 1.54) is 12.8 Å². The molecule has 1 saturated heterocycles. The van der Waals surface area contributed by atoms with Crippen LogP contribution in [0.5, 0.6) is 0 Å². The van der Waals surface area contributed by atoms with Gasteiger partial charge in [-0.1, -0.05) is 35.4 Å². The molecule has 4 heteroatoms. The van der Waals surface area contributed by atoms with Crippen molar-refractivity contribution in [3.05, 3.63) is 27.7 Å². The highest BCUT2D eigenvalue weighted by atomic mass is 35.5. The van der Waals surface area contributed by atoms with Gasteiger partial charge in [0.05, 0.1) is 15.7 Å². The molecule has 1 aliphatic rings. The molecule has 1 aromatic rings. The van der Waals surface area contributed by atoms with Gasteiger partial charge in [0.1, 0.15) is 0 Å². The van der Waals surface area contributed by atoms with Gasteiger partial charge in [-0.3, -0.25) is 0 Å². The van der Waals surface area contributed by atoms with E-state index >= 15 is 0 Å². The number of rotatable bonds is 1. The van der Waals surface area contributed by atoms with Gasteiger partial charge in [-0.25, -0.2) is 0 Å². The summed E-state index contributed by atoms with van der Waals surface area (Å²) in [6.45, 7) is 2.98. The van der Waals surface area contributed by atoms with Crippen LogP contribution in [-0.2, 0) is 0 Å². The third-order valence-corrected chi connectivity index (χ3v) is 3.74. The summed E-state index contributed by atoms with van der Waals surface area (Å²) >= 11 is 17.6. The highest BCUT2D eigenvalue weighted by molar-refractivity contribution is 7.80. The second kappa shape index (κ2) is 4.91. The summed E-state index contributed by atoms with van der Waals surface area (Å²) in [7, 11) is 0. The summed E-state index contributed by atoms with van der Waals surface area (Å²) in [5.74, 6) is 0. The maximum absolute atomic E-state index is 6.25. The van der Waals surface area contributed by atoms with Crippen molar-refractivity contribution in [2.75, 3.05) is 11.4 Å². The van der Waals surface area contributed by atoms with Gasteiger partial charge in [0.25, 0.3) is 0 Å². The lowest BCUT2D eigenvalue weighted by molar-refractivity contribution is 0.719. The van der Waals surface area contributed by atoms with Crippen LogP contribution < -0.4 is 4.90 Å². The van der Waals surface area contributed by atoms with Gasteiger partial charge in [-0.2, -0.15) is 0 Å². The average molecular weight is 274 g/mol. The van der Waals surface area contributed by atoms with Gasteiger partial charge >= 0.3 is 0 Å². The Bertz CT molecular complexity index is 408. The molecule has 0 radical (unpaired) electrons. The molecule has 0 aliphatic carbocycles. The van der Waals surface area contributed by atoms with E-state index in [0.29, 0.717) is 10.0 Å². The number of anilines is 1. The minimum Gasteiger partial charge on any atom is -0.335 e. The number of thiocarbonyl (C=S) groups is 1. The first kappa shape index (κ1) is 12.2. The molecule has 86 valence electrons. The lowest BCUT2D eigenvalue weighted by atomic mass is 10.1. The van der Waals surface area contributed by atoms with Crippen LogP contribution in [0, 0.1) is 6.92 Å². The first-order valence-corrected chi connectivity index (χ1v) is 6.52. The summed E-state index contributed by atoms with van der Waals surface area (Å²) in [5.41, 5.74) is 2.11. The summed E-state index contributed by atoms with van der Waals surface area (Å²) in [6, 6.07) is 3.71. The molecule has 0 aromatic heterocycles. The van der Waals surface area contributed by atoms with Crippen LogP contribution in [0.4, 0.5) is 5.69 Å². The minimum absolute atomic E-state index is 0.675. The van der Waals surface area contributed by atoms with E-state index in [4.69, 9.17) is 35.4 Å². The number of benzene rings is 1. The Balaban J connectivity index is 2.42. The van der Waals surface area contributed by atoms with Crippen molar-refractivity contribution < 1.29 is 0 Å². The maximum Gasteiger partial charge on any atom is 0.0824 e. The highest BCUT2D eigenvalue weighted by Crippen LogP contribution is 2.34. The molecule has 1 aliphatic heterocycles. The van der Waals surface area contributed by atoms with Crippen LogP contribution in [0.25, 0.3) is 0 Å². The molecule has 0 amide bonds. The molecule has 1 heterocycles. The lowest BCUT2D eigenvalue weighted by Crippen LogP contribution is -2.34. The van der Waals surface area contributed by atoms with Crippen LogP contribution in [-0.4, -0.2) is 11.5 Å². The Labute approximate surface area is 111 Å². The quantitative estimate of drug-likeness (QED) is 0.687. The van der Waals surface area contributed by atoms with Crippen LogP contribution in [0.3, 0.4) is 0 Å². The number of halogens is 2. The molecule has 0 atom stereocenters. The van der Waals surface area contributed by atoms with Crippen molar-refractivity contribution in [1.29, 1.82) is 0 Å². The molecule has 1 fully saturated rings. The largest absolute Gasteiger partial charge is 0.335 e. The fourth-order valence-corrected chi connectivity index (χ4v) is 3.10. The Morgan fingerprint density at radius 2 is 2.00 bits per heavy atom. The van der Waals surface area contributed by atoms with Crippen molar-refractivity contribution >= 4 is 46.1 Å². The van der Waals surface area contributed by atoms with Crippen molar-refractivity contribution in [3.8, 4) is 0 Å². The molecule has 0 saturated carbocycles. The van der Waals surface area contributed by atoms with Crippen LogP contribution in [0.2, 0.25) is 10.0 Å². The van der Waals surface area contributed by atoms with Gasteiger partial charge in [0.15, 0.2) is 0 Å². The number of piperidine rings is 1. The molecule has 0 bridgehead atoms. The number of nitrogens with zero attached hydrogens (tertiary/aromatic N) is 1. The van der Waals surface area contributed by atoms with Crippen LogP contribution in [0.15, 0.2) is 12.1 Å². The molecular formula is C12H13Cl2NS. The van der Waals surface area contributed by atoms with Crippen LogP contribution in [0.1, 0.15) is 24.8 Å². The molecule has 1 aromatic carbocycles. The SMILES string of the molecule is Cc1cc(Cl)cc(Cl)c1N1CCCCC1=S. The number of hydrogen-bond donors (Lipinski definition) is 0. The van der Waals surface area contributed by atoms with Crippen molar-refractivity contribution in [1.82, 2.24) is 0 Å². The monoisotopic (exact) mass is 273 g/mol. The van der Waals surface area contributed by atoms with Crippen LogP contribution >= 0.6 is 35.4 Å². The zero-order chi connectivity index (χ0) is 11.7. The summed E-state index contributed by atoms with van der Waals surface area (Å²) < 4.78 is 0. The first-order valence-electron chi connectivity index (χ1n) is 5.35. The summed E-state index contributed by atoms with van der Waals surface area (Å²) in [4.78, 5) is 3.13. The molecule has 0 spiro atoms. The molecule has 0 N–H and O–H groups in total. The molecular weight excluding hydrogens is 261 g/mol. The van der Waals surface area contributed by atoms with Crippen molar-refractivity contribution in [2.45, 2.75) is 26.2 Å². The Morgan fingerprint density at radius 3 is 2.62 bits per heavy atom. The van der Waals surface area contributed by atoms with E-state index in [1.54, 1.807) is 6.07 Å². The fourth-order valence-electron chi connectivity index (χ4n) is 2.08. The Morgan fingerprint density at radius 1 is 1.25 bits per heavy atom. The average Bonchev–Trinajstić information content (AvgIpc) is 2.19. The van der Waals surface area contributed by atoms with E-state index < -0.39 is 0 Å². The second-order valence-electron chi connectivity index (χ2n) is 4.06. The van der Waals surface area contributed by atoms with E-state index in [2.05, 4.69) is 4.90 Å². The van der Waals surface area contributed by atoms with Gasteiger partial charge < -0.3 is 4.90 Å². The lowest BCUT2D eigenvalue weighted by Gasteiger charge is -2.31. The standard InChI is InChI=1S/C12H13Cl2NS/c1-8-6-9(13)7-10(14)12(8)15-5-3-2-4-11(15)16/h6-7H,2-5H2,1H3. The Hall–Kier alpha value is -0.310. The predicted octanol–water partition coefficient (Wildman–Crippen LogP) is 4.62. The van der Waals surface area contributed by atoms with Gasteiger partial charge in [0, 0.05) is 11.6 Å². The summed E-state index contributed by atoms with van der Waals surface area (Å²) in [6.07, 6.45) is 3.33. The topological polar surface area (TPSA) is 3.24 Å². The van der Waals surface area contributed by atoms with Gasteiger partial charge in [-0.05, 0) is 43.9 Å². The van der Waals surface area contributed by atoms with E-state index in [9.17, 15) is 0 Å². The van der Waals surface area contributed by atoms with E-state index in [0.717, 1.165) is 29.2 Å². The number of aryl methyl sites for hydroxylation is 1. The van der Waals surface area contributed by atoms with E-state index in [1.807, 2.05) is 13.0 Å². The van der Waals surface area contributed by atoms with E-state index in [-0.39, 0.29) is 0 Å². The van der Waals surface area contributed by atoms with Gasteiger partial charge in [-0.15, -0.1) is 0 Å². The van der Waals surface area contributed by atoms with Gasteiger partial charge in [0.2, 0.25) is 0 Å².